The van der Waals surface area contributed by atoms with Crippen molar-refractivity contribution in [2.24, 2.45) is 0 Å². The second kappa shape index (κ2) is 9.03. The monoisotopic (exact) mass is 405 g/mol. The van der Waals surface area contributed by atoms with Crippen LogP contribution in [-0.4, -0.2) is 22.5 Å². The van der Waals surface area contributed by atoms with E-state index in [1.165, 1.54) is 0 Å². The first-order valence-corrected chi connectivity index (χ1v) is 10.4. The maximum Gasteiger partial charge on any atom is 0.322 e. The molecule has 1 fully saturated rings. The van der Waals surface area contributed by atoms with E-state index in [4.69, 9.17) is 9.15 Å². The van der Waals surface area contributed by atoms with Crippen molar-refractivity contribution in [3.05, 3.63) is 71.9 Å². The lowest BCUT2D eigenvalue weighted by Gasteiger charge is -2.29. The summed E-state index contributed by atoms with van der Waals surface area (Å²) < 4.78 is 11.7. The Morgan fingerprint density at radius 1 is 1.17 bits per heavy atom. The summed E-state index contributed by atoms with van der Waals surface area (Å²) in [5, 5.41) is 3.06. The zero-order valence-electron chi connectivity index (χ0n) is 17.4. The number of aromatic nitrogens is 1. The van der Waals surface area contributed by atoms with E-state index in [1.807, 2.05) is 61.2 Å². The molecule has 3 heterocycles. The molecular weight excluding hydrogens is 378 g/mol. The highest BCUT2D eigenvalue weighted by atomic mass is 16.5. The number of amides is 2. The second-order valence-electron chi connectivity index (χ2n) is 7.71. The van der Waals surface area contributed by atoms with Crippen molar-refractivity contribution in [3.8, 4) is 11.5 Å². The average Bonchev–Trinajstić information content (AvgIpc) is 3.02. The SMILES string of the molecule is Cc1ccc(C2CCCCCN2C(=O)Nc2ccc(Oc3cccnc3)c(C)c2)o1. The van der Waals surface area contributed by atoms with Gasteiger partial charge in [0.15, 0.2) is 0 Å². The number of rotatable bonds is 4. The fraction of sp³-hybridized carbons (Fsp3) is 0.333. The predicted octanol–water partition coefficient (Wildman–Crippen LogP) is 6.23. The molecule has 6 heteroatoms. The Balaban J connectivity index is 1.48. The van der Waals surface area contributed by atoms with E-state index in [1.54, 1.807) is 12.4 Å². The third kappa shape index (κ3) is 4.64. The lowest BCUT2D eigenvalue weighted by atomic mass is 10.1. The third-order valence-electron chi connectivity index (χ3n) is 5.39. The first-order chi connectivity index (χ1) is 14.6. The van der Waals surface area contributed by atoms with Crippen LogP contribution < -0.4 is 10.1 Å². The van der Waals surface area contributed by atoms with Gasteiger partial charge in [0, 0.05) is 18.4 Å². The smallest absolute Gasteiger partial charge is 0.322 e. The van der Waals surface area contributed by atoms with Gasteiger partial charge >= 0.3 is 6.03 Å². The summed E-state index contributed by atoms with van der Waals surface area (Å²) in [6.45, 7) is 4.61. The Kier molecular flexibility index (Phi) is 6.02. The van der Waals surface area contributed by atoms with Gasteiger partial charge in [0.25, 0.3) is 0 Å². The Labute approximate surface area is 176 Å². The summed E-state index contributed by atoms with van der Waals surface area (Å²) in [6.07, 6.45) is 7.51. The summed E-state index contributed by atoms with van der Waals surface area (Å²) in [5.74, 6) is 3.15. The Bertz CT molecular complexity index is 1000. The number of carbonyl (C=O) groups is 1. The molecule has 1 saturated heterocycles. The van der Waals surface area contributed by atoms with E-state index < -0.39 is 0 Å². The molecule has 2 amide bonds. The highest BCUT2D eigenvalue weighted by Gasteiger charge is 2.29. The van der Waals surface area contributed by atoms with Crippen LogP contribution in [0.3, 0.4) is 0 Å². The molecule has 1 aliphatic heterocycles. The van der Waals surface area contributed by atoms with Crippen LogP contribution in [0.15, 0.2) is 59.3 Å². The number of urea groups is 1. The molecule has 156 valence electrons. The van der Waals surface area contributed by atoms with Crippen molar-refractivity contribution >= 4 is 11.7 Å². The average molecular weight is 405 g/mol. The lowest BCUT2D eigenvalue weighted by Crippen LogP contribution is -2.38. The maximum absolute atomic E-state index is 13.1. The van der Waals surface area contributed by atoms with Gasteiger partial charge in [-0.25, -0.2) is 4.79 Å². The van der Waals surface area contributed by atoms with Gasteiger partial charge in [0.2, 0.25) is 0 Å². The molecule has 6 nitrogen and oxygen atoms in total. The Morgan fingerprint density at radius 3 is 2.80 bits per heavy atom. The first kappa shape index (κ1) is 20.0. The molecule has 0 aliphatic carbocycles. The summed E-state index contributed by atoms with van der Waals surface area (Å²) in [5.41, 5.74) is 1.68. The molecular formula is C24H27N3O3. The molecule has 1 unspecified atom stereocenters. The zero-order chi connectivity index (χ0) is 20.9. The van der Waals surface area contributed by atoms with Gasteiger partial charge in [-0.15, -0.1) is 0 Å². The minimum Gasteiger partial charge on any atom is -0.464 e. The van der Waals surface area contributed by atoms with E-state index in [2.05, 4.69) is 10.3 Å². The van der Waals surface area contributed by atoms with Crippen molar-refractivity contribution in [3.63, 3.8) is 0 Å². The van der Waals surface area contributed by atoms with Crippen molar-refractivity contribution in [2.45, 2.75) is 45.6 Å². The van der Waals surface area contributed by atoms with Gasteiger partial charge in [-0.3, -0.25) is 4.98 Å². The summed E-state index contributed by atoms with van der Waals surface area (Å²) >= 11 is 0. The van der Waals surface area contributed by atoms with Crippen LogP contribution >= 0.6 is 0 Å². The summed E-state index contributed by atoms with van der Waals surface area (Å²) in [7, 11) is 0. The molecule has 1 aliphatic rings. The molecule has 3 aromatic rings. The number of benzene rings is 1. The molecule has 1 atom stereocenters. The molecule has 0 saturated carbocycles. The van der Waals surface area contributed by atoms with Gasteiger partial charge in [-0.2, -0.15) is 0 Å². The van der Waals surface area contributed by atoms with Crippen LogP contribution in [0.1, 0.15) is 48.8 Å². The minimum absolute atomic E-state index is 0.0320. The molecule has 1 aromatic carbocycles. The van der Waals surface area contributed by atoms with E-state index >= 15 is 0 Å². The quantitative estimate of drug-likeness (QED) is 0.558. The number of hydrogen-bond acceptors (Lipinski definition) is 4. The van der Waals surface area contributed by atoms with E-state index in [0.29, 0.717) is 5.75 Å². The predicted molar refractivity (Wildman–Crippen MR) is 116 cm³/mol. The molecule has 4 rings (SSSR count). The highest BCUT2D eigenvalue weighted by Crippen LogP contribution is 2.32. The standard InChI is InChI=1S/C24H27N3O3/c1-17-15-19(10-12-22(17)30-20-7-6-13-25-16-20)26-24(28)27-14-5-3-4-8-21(27)23-11-9-18(2)29-23/h6-7,9-13,15-16,21H,3-5,8,14H2,1-2H3,(H,26,28). The number of ether oxygens (including phenoxy) is 1. The number of furan rings is 1. The Hall–Kier alpha value is -3.28. The normalized spacial score (nSPS) is 16.7. The first-order valence-electron chi connectivity index (χ1n) is 10.4. The van der Waals surface area contributed by atoms with Crippen molar-refractivity contribution < 1.29 is 13.9 Å². The number of nitrogens with one attached hydrogen (secondary N) is 1. The summed E-state index contributed by atoms with van der Waals surface area (Å²) in [4.78, 5) is 19.1. The second-order valence-corrected chi connectivity index (χ2v) is 7.71. The van der Waals surface area contributed by atoms with Gasteiger partial charge in [-0.05, 0) is 74.7 Å². The van der Waals surface area contributed by atoms with Crippen molar-refractivity contribution in [2.75, 3.05) is 11.9 Å². The zero-order valence-corrected chi connectivity index (χ0v) is 17.4. The number of pyridine rings is 1. The lowest BCUT2D eigenvalue weighted by molar-refractivity contribution is 0.178. The fourth-order valence-corrected chi connectivity index (χ4v) is 3.85. The van der Waals surface area contributed by atoms with Crippen molar-refractivity contribution in [1.29, 1.82) is 0 Å². The number of likely N-dealkylation sites (tertiary alicyclic amines) is 1. The molecule has 0 bridgehead atoms. The molecule has 0 radical (unpaired) electrons. The largest absolute Gasteiger partial charge is 0.464 e. The molecule has 2 aromatic heterocycles. The van der Waals surface area contributed by atoms with E-state index in [0.717, 1.165) is 60.7 Å². The highest BCUT2D eigenvalue weighted by molar-refractivity contribution is 5.89. The third-order valence-corrected chi connectivity index (χ3v) is 5.39. The van der Waals surface area contributed by atoms with Crippen LogP contribution in [-0.2, 0) is 0 Å². The number of carbonyl (C=O) groups excluding carboxylic acids is 1. The minimum atomic E-state index is -0.101. The van der Waals surface area contributed by atoms with Crippen LogP contribution in [0, 0.1) is 13.8 Å². The van der Waals surface area contributed by atoms with Gasteiger partial charge in [0.1, 0.15) is 23.0 Å². The maximum atomic E-state index is 13.1. The van der Waals surface area contributed by atoms with Crippen LogP contribution in [0.4, 0.5) is 10.5 Å². The van der Waals surface area contributed by atoms with Gasteiger partial charge < -0.3 is 19.4 Å². The fourth-order valence-electron chi connectivity index (χ4n) is 3.85. The number of hydrogen-bond donors (Lipinski definition) is 1. The Morgan fingerprint density at radius 2 is 2.07 bits per heavy atom. The molecule has 1 N–H and O–H groups in total. The van der Waals surface area contributed by atoms with Crippen molar-refractivity contribution in [1.82, 2.24) is 9.88 Å². The summed E-state index contributed by atoms with van der Waals surface area (Å²) in [6, 6.07) is 13.2. The molecule has 0 spiro atoms. The number of aryl methyl sites for hydroxylation is 2. The van der Waals surface area contributed by atoms with E-state index in [9.17, 15) is 4.79 Å². The van der Waals surface area contributed by atoms with Gasteiger partial charge in [-0.1, -0.05) is 12.8 Å². The molecule has 30 heavy (non-hydrogen) atoms. The van der Waals surface area contributed by atoms with Crippen LogP contribution in [0.25, 0.3) is 0 Å². The van der Waals surface area contributed by atoms with Gasteiger partial charge in [0.05, 0.1) is 12.2 Å². The topological polar surface area (TPSA) is 67.6 Å². The van der Waals surface area contributed by atoms with Crippen LogP contribution in [0.5, 0.6) is 11.5 Å². The number of nitrogens with zero attached hydrogens (tertiary/aromatic N) is 2. The number of anilines is 1. The van der Waals surface area contributed by atoms with Crippen LogP contribution in [0.2, 0.25) is 0 Å². The van der Waals surface area contributed by atoms with E-state index in [-0.39, 0.29) is 12.1 Å².